The third-order valence-corrected chi connectivity index (χ3v) is 4.20. The molecule has 2 amide bonds. The van der Waals surface area contributed by atoms with E-state index in [1.165, 1.54) is 0 Å². The largest absolute Gasteiger partial charge is 0.481 e. The number of rotatable bonds is 5. The van der Waals surface area contributed by atoms with Gasteiger partial charge in [-0.05, 0) is 39.7 Å². The number of nitrogens with zero attached hydrogens (tertiary/aromatic N) is 3. The van der Waals surface area contributed by atoms with E-state index in [0.717, 1.165) is 24.4 Å². The summed E-state index contributed by atoms with van der Waals surface area (Å²) in [4.78, 5) is 24.8. The number of amides is 2. The highest BCUT2D eigenvalue weighted by Crippen LogP contribution is 2.29. The Bertz CT molecular complexity index is 569. The van der Waals surface area contributed by atoms with E-state index in [9.17, 15) is 14.7 Å². The molecule has 7 nitrogen and oxygen atoms in total. The number of nitrogens with one attached hydrogen (secondary N) is 1. The number of carboxylic acids is 1. The van der Waals surface area contributed by atoms with Crippen LogP contribution in [0.3, 0.4) is 0 Å². The summed E-state index contributed by atoms with van der Waals surface area (Å²) >= 11 is 0. The van der Waals surface area contributed by atoms with Gasteiger partial charge in [0.15, 0.2) is 0 Å². The molecule has 122 valence electrons. The van der Waals surface area contributed by atoms with Crippen molar-refractivity contribution in [2.24, 2.45) is 5.41 Å². The Kier molecular flexibility index (Phi) is 4.73. The maximum Gasteiger partial charge on any atom is 0.317 e. The molecule has 2 N–H and O–H groups in total. The number of carbonyl (C=O) groups is 2. The van der Waals surface area contributed by atoms with E-state index in [1.807, 2.05) is 24.6 Å². The summed E-state index contributed by atoms with van der Waals surface area (Å²) in [5, 5.41) is 16.4. The molecule has 7 heteroatoms. The van der Waals surface area contributed by atoms with Crippen molar-refractivity contribution in [3.8, 4) is 0 Å². The first-order chi connectivity index (χ1) is 10.3. The summed E-state index contributed by atoms with van der Waals surface area (Å²) < 4.78 is 1.93. The molecule has 1 atom stereocenters. The first-order valence-corrected chi connectivity index (χ1v) is 7.59. The quantitative estimate of drug-likeness (QED) is 0.805. The number of hydrogen-bond donors (Lipinski definition) is 2. The summed E-state index contributed by atoms with van der Waals surface area (Å²) in [5.41, 5.74) is 1.29. The molecular weight excluding hydrogens is 284 g/mol. The zero-order chi connectivity index (χ0) is 16.3. The van der Waals surface area contributed by atoms with E-state index in [1.54, 1.807) is 11.8 Å². The Balaban J connectivity index is 1.73. The van der Waals surface area contributed by atoms with Crippen LogP contribution >= 0.6 is 0 Å². The molecule has 2 heterocycles. The minimum atomic E-state index is -0.840. The van der Waals surface area contributed by atoms with Crippen molar-refractivity contribution in [3.05, 3.63) is 17.5 Å². The van der Waals surface area contributed by atoms with Crippen LogP contribution in [0, 0.1) is 19.3 Å². The van der Waals surface area contributed by atoms with E-state index in [2.05, 4.69) is 10.4 Å². The highest BCUT2D eigenvalue weighted by molar-refractivity contribution is 5.79. The van der Waals surface area contributed by atoms with Crippen molar-refractivity contribution in [2.45, 2.75) is 40.2 Å². The Labute approximate surface area is 130 Å². The third-order valence-electron chi connectivity index (χ3n) is 4.20. The molecule has 0 saturated carbocycles. The summed E-state index contributed by atoms with van der Waals surface area (Å²) in [5.74, 6) is -0.840. The van der Waals surface area contributed by atoms with Crippen molar-refractivity contribution in [1.29, 1.82) is 0 Å². The Morgan fingerprint density at radius 1 is 1.45 bits per heavy atom. The van der Waals surface area contributed by atoms with Crippen LogP contribution in [0.25, 0.3) is 0 Å². The third kappa shape index (κ3) is 3.58. The van der Waals surface area contributed by atoms with E-state index < -0.39 is 11.4 Å². The fraction of sp³-hybridized carbons (Fsp3) is 0.667. The summed E-state index contributed by atoms with van der Waals surface area (Å²) in [6.07, 6.45) is 1.29. The fourth-order valence-corrected chi connectivity index (χ4v) is 2.75. The Hall–Kier alpha value is -2.05. The van der Waals surface area contributed by atoms with Gasteiger partial charge in [0.25, 0.3) is 0 Å². The van der Waals surface area contributed by atoms with Crippen molar-refractivity contribution in [2.75, 3.05) is 19.6 Å². The standard InChI is InChI=1S/C15H24N4O3/c1-11-9-12(2)19(17-11)7-4-6-16-14(22)18-8-5-15(3,10-18)13(20)21/h9H,4-8,10H2,1-3H3,(H,16,22)(H,20,21). The topological polar surface area (TPSA) is 87.5 Å². The van der Waals surface area contributed by atoms with Gasteiger partial charge in [-0.3, -0.25) is 9.48 Å². The summed E-state index contributed by atoms with van der Waals surface area (Å²) in [7, 11) is 0. The van der Waals surface area contributed by atoms with E-state index in [4.69, 9.17) is 0 Å². The van der Waals surface area contributed by atoms with Gasteiger partial charge >= 0.3 is 12.0 Å². The number of aromatic nitrogens is 2. The zero-order valence-corrected chi connectivity index (χ0v) is 13.4. The average Bonchev–Trinajstić information content (AvgIpc) is 2.99. The van der Waals surface area contributed by atoms with Crippen LogP contribution in [0.2, 0.25) is 0 Å². The van der Waals surface area contributed by atoms with Crippen LogP contribution in [0.4, 0.5) is 4.79 Å². The van der Waals surface area contributed by atoms with Gasteiger partial charge in [0, 0.05) is 31.9 Å². The van der Waals surface area contributed by atoms with Crippen LogP contribution in [0.5, 0.6) is 0 Å². The second-order valence-corrected chi connectivity index (χ2v) is 6.27. The van der Waals surface area contributed by atoms with Crippen molar-refractivity contribution >= 4 is 12.0 Å². The lowest BCUT2D eigenvalue weighted by Crippen LogP contribution is -2.41. The van der Waals surface area contributed by atoms with E-state index in [0.29, 0.717) is 19.5 Å². The van der Waals surface area contributed by atoms with E-state index in [-0.39, 0.29) is 12.6 Å². The lowest BCUT2D eigenvalue weighted by molar-refractivity contribution is -0.146. The second-order valence-electron chi connectivity index (χ2n) is 6.27. The second kappa shape index (κ2) is 6.37. The molecule has 1 aliphatic heterocycles. The van der Waals surface area contributed by atoms with Crippen LogP contribution < -0.4 is 5.32 Å². The smallest absolute Gasteiger partial charge is 0.317 e. The zero-order valence-electron chi connectivity index (χ0n) is 13.4. The van der Waals surface area contributed by atoms with Gasteiger partial charge in [-0.2, -0.15) is 5.10 Å². The maximum absolute atomic E-state index is 12.0. The number of carbonyl (C=O) groups excluding carboxylic acids is 1. The molecule has 1 fully saturated rings. The number of aryl methyl sites for hydroxylation is 3. The number of likely N-dealkylation sites (tertiary alicyclic amines) is 1. The Morgan fingerprint density at radius 2 is 2.18 bits per heavy atom. The van der Waals surface area contributed by atoms with Crippen LogP contribution in [-0.2, 0) is 11.3 Å². The summed E-state index contributed by atoms with van der Waals surface area (Å²) in [6, 6.07) is 1.84. The number of hydrogen-bond acceptors (Lipinski definition) is 3. The molecule has 1 aliphatic rings. The monoisotopic (exact) mass is 308 g/mol. The number of urea groups is 1. The molecule has 22 heavy (non-hydrogen) atoms. The normalized spacial score (nSPS) is 21.1. The first-order valence-electron chi connectivity index (χ1n) is 7.59. The molecule has 0 bridgehead atoms. The lowest BCUT2D eigenvalue weighted by atomic mass is 9.90. The molecule has 1 saturated heterocycles. The van der Waals surface area contributed by atoms with Gasteiger partial charge in [-0.1, -0.05) is 0 Å². The molecule has 0 aliphatic carbocycles. The average molecular weight is 308 g/mol. The molecule has 0 spiro atoms. The van der Waals surface area contributed by atoms with Crippen LogP contribution in [0.1, 0.15) is 31.2 Å². The molecular formula is C15H24N4O3. The van der Waals surface area contributed by atoms with Crippen molar-refractivity contribution in [3.63, 3.8) is 0 Å². The molecule has 1 aromatic heterocycles. The fourth-order valence-electron chi connectivity index (χ4n) is 2.75. The highest BCUT2D eigenvalue weighted by atomic mass is 16.4. The van der Waals surface area contributed by atoms with Gasteiger partial charge in [-0.15, -0.1) is 0 Å². The van der Waals surface area contributed by atoms with Gasteiger partial charge in [-0.25, -0.2) is 4.79 Å². The lowest BCUT2D eigenvalue weighted by Gasteiger charge is -2.20. The van der Waals surface area contributed by atoms with Crippen LogP contribution in [0.15, 0.2) is 6.07 Å². The van der Waals surface area contributed by atoms with Gasteiger partial charge < -0.3 is 15.3 Å². The molecule has 0 aromatic carbocycles. The van der Waals surface area contributed by atoms with Gasteiger partial charge in [0.05, 0.1) is 11.1 Å². The molecule has 2 rings (SSSR count). The van der Waals surface area contributed by atoms with Crippen molar-refractivity contribution in [1.82, 2.24) is 20.0 Å². The maximum atomic E-state index is 12.0. The SMILES string of the molecule is Cc1cc(C)n(CCCNC(=O)N2CCC(C)(C(=O)O)C2)n1. The Morgan fingerprint density at radius 3 is 2.73 bits per heavy atom. The molecule has 1 unspecified atom stereocenters. The van der Waals surface area contributed by atoms with Crippen molar-refractivity contribution < 1.29 is 14.7 Å². The highest BCUT2D eigenvalue weighted by Gasteiger charge is 2.42. The van der Waals surface area contributed by atoms with E-state index >= 15 is 0 Å². The predicted octanol–water partition coefficient (Wildman–Crippen LogP) is 1.40. The summed E-state index contributed by atoms with van der Waals surface area (Å²) in [6.45, 7) is 7.72. The number of carboxylic acid groups (broad SMARTS) is 1. The minimum Gasteiger partial charge on any atom is -0.481 e. The number of aliphatic carboxylic acids is 1. The van der Waals surface area contributed by atoms with Gasteiger partial charge in [0.2, 0.25) is 0 Å². The van der Waals surface area contributed by atoms with Crippen LogP contribution in [-0.4, -0.2) is 51.4 Å². The molecule has 0 radical (unpaired) electrons. The minimum absolute atomic E-state index is 0.182. The predicted molar refractivity (Wildman–Crippen MR) is 81.6 cm³/mol. The first kappa shape index (κ1) is 16.3. The molecule has 1 aromatic rings. The van der Waals surface area contributed by atoms with Gasteiger partial charge in [0.1, 0.15) is 0 Å².